The van der Waals surface area contributed by atoms with Crippen LogP contribution in [0.2, 0.25) is 5.02 Å². The van der Waals surface area contributed by atoms with Crippen molar-refractivity contribution in [3.05, 3.63) is 93.2 Å². The molecule has 162 valence electrons. The second-order valence-electron chi connectivity index (χ2n) is 6.95. The molecule has 32 heavy (non-hydrogen) atoms. The fourth-order valence-electron chi connectivity index (χ4n) is 3.08. The molecule has 1 N–H and O–H groups in total. The van der Waals surface area contributed by atoms with Gasteiger partial charge in [0.25, 0.3) is 5.56 Å². The van der Waals surface area contributed by atoms with Gasteiger partial charge in [0.1, 0.15) is 11.6 Å². The number of nitrogens with one attached hydrogen (secondary N) is 1. The fourth-order valence-corrected chi connectivity index (χ4v) is 4.07. The van der Waals surface area contributed by atoms with Crippen LogP contribution in [0.3, 0.4) is 0 Å². The van der Waals surface area contributed by atoms with Gasteiger partial charge in [-0.25, -0.2) is 13.8 Å². The third-order valence-electron chi connectivity index (χ3n) is 4.68. The summed E-state index contributed by atoms with van der Waals surface area (Å²) in [7, 11) is 0. The van der Waals surface area contributed by atoms with Gasteiger partial charge in [-0.05, 0) is 48.9 Å². The van der Waals surface area contributed by atoms with Gasteiger partial charge in [0.15, 0.2) is 5.16 Å². The van der Waals surface area contributed by atoms with Crippen LogP contribution in [0.25, 0.3) is 16.6 Å². The Hall–Kier alpha value is -3.23. The van der Waals surface area contributed by atoms with Crippen LogP contribution in [0.15, 0.2) is 70.6 Å². The molecule has 0 radical (unpaired) electrons. The summed E-state index contributed by atoms with van der Waals surface area (Å²) in [6.45, 7) is 1.85. The largest absolute Gasteiger partial charge is 0.325 e. The van der Waals surface area contributed by atoms with Gasteiger partial charge in [-0.2, -0.15) is 0 Å². The van der Waals surface area contributed by atoms with Crippen LogP contribution in [-0.2, 0) is 4.79 Å². The molecule has 0 spiro atoms. The summed E-state index contributed by atoms with van der Waals surface area (Å²) in [6, 6.07) is 14.7. The number of hydrogen-bond acceptors (Lipinski definition) is 4. The van der Waals surface area contributed by atoms with Crippen LogP contribution >= 0.6 is 23.4 Å². The van der Waals surface area contributed by atoms with E-state index in [1.807, 2.05) is 6.92 Å². The quantitative estimate of drug-likeness (QED) is 0.314. The Morgan fingerprint density at radius 2 is 1.91 bits per heavy atom. The Bertz CT molecular complexity index is 1410. The zero-order valence-corrected chi connectivity index (χ0v) is 18.3. The van der Waals surface area contributed by atoms with E-state index in [0.29, 0.717) is 22.3 Å². The summed E-state index contributed by atoms with van der Waals surface area (Å²) in [5.74, 6) is -2.13. The molecule has 1 amide bonds. The summed E-state index contributed by atoms with van der Waals surface area (Å²) in [5.41, 5.74) is 1.14. The molecule has 0 bridgehead atoms. The van der Waals surface area contributed by atoms with E-state index in [9.17, 15) is 18.4 Å². The Balaban J connectivity index is 1.68. The molecule has 1 heterocycles. The highest BCUT2D eigenvalue weighted by atomic mass is 35.5. The van der Waals surface area contributed by atoms with Crippen molar-refractivity contribution in [2.45, 2.75) is 12.1 Å². The Labute approximate surface area is 191 Å². The first-order valence-corrected chi connectivity index (χ1v) is 10.9. The van der Waals surface area contributed by atoms with Crippen molar-refractivity contribution in [1.82, 2.24) is 9.55 Å². The van der Waals surface area contributed by atoms with Gasteiger partial charge in [0.2, 0.25) is 5.91 Å². The number of amides is 1. The van der Waals surface area contributed by atoms with Crippen LogP contribution in [0.5, 0.6) is 0 Å². The lowest BCUT2D eigenvalue weighted by Crippen LogP contribution is -2.23. The molecule has 3 aromatic carbocycles. The maximum atomic E-state index is 14.5. The molecule has 1 aromatic heterocycles. The standard InChI is InChI=1S/C23H16ClF2N3O2S/c1-13-6-8-15(11-17(13)24)27-21(30)12-32-23-28-19-5-3-2-4-16(19)22(31)29(23)20-9-7-14(25)10-18(20)26/h2-11H,12H2,1H3,(H,27,30). The molecular weight excluding hydrogens is 456 g/mol. The van der Waals surface area contributed by atoms with Crippen LogP contribution in [-0.4, -0.2) is 21.2 Å². The van der Waals surface area contributed by atoms with Gasteiger partial charge in [0.05, 0.1) is 22.3 Å². The van der Waals surface area contributed by atoms with Crippen molar-refractivity contribution in [2.24, 2.45) is 0 Å². The highest BCUT2D eigenvalue weighted by molar-refractivity contribution is 7.99. The first-order valence-electron chi connectivity index (χ1n) is 9.49. The van der Waals surface area contributed by atoms with E-state index in [4.69, 9.17) is 11.6 Å². The summed E-state index contributed by atoms with van der Waals surface area (Å²) in [6.07, 6.45) is 0. The van der Waals surface area contributed by atoms with E-state index in [2.05, 4.69) is 10.3 Å². The van der Waals surface area contributed by atoms with E-state index < -0.39 is 17.2 Å². The molecule has 0 saturated carbocycles. The summed E-state index contributed by atoms with van der Waals surface area (Å²) < 4.78 is 29.0. The van der Waals surface area contributed by atoms with Gasteiger partial charge < -0.3 is 5.32 Å². The first-order chi connectivity index (χ1) is 15.3. The predicted molar refractivity (Wildman–Crippen MR) is 123 cm³/mol. The lowest BCUT2D eigenvalue weighted by atomic mass is 10.2. The van der Waals surface area contributed by atoms with Crippen molar-refractivity contribution in [2.75, 3.05) is 11.1 Å². The maximum absolute atomic E-state index is 14.5. The lowest BCUT2D eigenvalue weighted by molar-refractivity contribution is -0.113. The molecule has 9 heteroatoms. The minimum atomic E-state index is -0.912. The maximum Gasteiger partial charge on any atom is 0.266 e. The Kier molecular flexibility index (Phi) is 6.25. The van der Waals surface area contributed by atoms with Crippen molar-refractivity contribution < 1.29 is 13.6 Å². The van der Waals surface area contributed by atoms with Crippen LogP contribution in [0, 0.1) is 18.6 Å². The van der Waals surface area contributed by atoms with Gasteiger partial charge in [-0.3, -0.25) is 14.2 Å². The highest BCUT2D eigenvalue weighted by Gasteiger charge is 2.18. The van der Waals surface area contributed by atoms with E-state index in [-0.39, 0.29) is 27.9 Å². The molecular formula is C23H16ClF2N3O2S. The third kappa shape index (κ3) is 4.51. The lowest BCUT2D eigenvalue weighted by Gasteiger charge is -2.14. The number of halogens is 3. The minimum absolute atomic E-state index is 0.0981. The van der Waals surface area contributed by atoms with E-state index in [1.54, 1.807) is 42.5 Å². The zero-order valence-electron chi connectivity index (χ0n) is 16.7. The Morgan fingerprint density at radius 1 is 1.12 bits per heavy atom. The summed E-state index contributed by atoms with van der Waals surface area (Å²) >= 11 is 7.06. The smallest absolute Gasteiger partial charge is 0.266 e. The minimum Gasteiger partial charge on any atom is -0.325 e. The van der Waals surface area contributed by atoms with Crippen molar-refractivity contribution in [3.63, 3.8) is 0 Å². The molecule has 0 unspecified atom stereocenters. The van der Waals surface area contributed by atoms with Gasteiger partial charge in [-0.1, -0.05) is 41.6 Å². The zero-order chi connectivity index (χ0) is 22.8. The number of carbonyl (C=O) groups is 1. The van der Waals surface area contributed by atoms with Gasteiger partial charge >= 0.3 is 0 Å². The number of hydrogen-bond donors (Lipinski definition) is 1. The Morgan fingerprint density at radius 3 is 2.66 bits per heavy atom. The second-order valence-corrected chi connectivity index (χ2v) is 8.30. The number of aromatic nitrogens is 2. The topological polar surface area (TPSA) is 64.0 Å². The summed E-state index contributed by atoms with van der Waals surface area (Å²) in [5, 5.41) is 3.63. The first kappa shape index (κ1) is 22.0. The normalized spacial score (nSPS) is 11.0. The number of carbonyl (C=O) groups excluding carboxylic acids is 1. The number of anilines is 1. The van der Waals surface area contributed by atoms with Gasteiger partial charge in [0, 0.05) is 16.8 Å². The van der Waals surface area contributed by atoms with E-state index in [1.165, 1.54) is 6.07 Å². The third-order valence-corrected chi connectivity index (χ3v) is 6.03. The highest BCUT2D eigenvalue weighted by Crippen LogP contribution is 2.24. The number of fused-ring (bicyclic) bond motifs is 1. The monoisotopic (exact) mass is 471 g/mol. The summed E-state index contributed by atoms with van der Waals surface area (Å²) in [4.78, 5) is 30.0. The number of rotatable bonds is 5. The van der Waals surface area contributed by atoms with Crippen LogP contribution in [0.4, 0.5) is 14.5 Å². The molecule has 5 nitrogen and oxygen atoms in total. The number of para-hydroxylation sites is 1. The predicted octanol–water partition coefficient (Wildman–Crippen LogP) is 5.36. The molecule has 4 aromatic rings. The van der Waals surface area contributed by atoms with E-state index >= 15 is 0 Å². The molecule has 0 saturated heterocycles. The average molecular weight is 472 g/mol. The second kappa shape index (κ2) is 9.10. The fraction of sp³-hybridized carbons (Fsp3) is 0.0870. The SMILES string of the molecule is Cc1ccc(NC(=O)CSc2nc3ccccc3c(=O)n2-c2ccc(F)cc2F)cc1Cl. The van der Waals surface area contributed by atoms with Crippen molar-refractivity contribution in [3.8, 4) is 5.69 Å². The van der Waals surface area contributed by atoms with Crippen molar-refractivity contribution >= 4 is 45.9 Å². The number of thioether (sulfide) groups is 1. The van der Waals surface area contributed by atoms with E-state index in [0.717, 1.165) is 28.0 Å². The average Bonchev–Trinajstić information content (AvgIpc) is 2.76. The molecule has 0 aliphatic rings. The molecule has 0 aliphatic carbocycles. The number of nitrogens with zero attached hydrogens (tertiary/aromatic N) is 2. The van der Waals surface area contributed by atoms with Crippen molar-refractivity contribution in [1.29, 1.82) is 0 Å². The number of aryl methyl sites for hydroxylation is 1. The molecule has 0 aliphatic heterocycles. The number of benzene rings is 3. The molecule has 4 rings (SSSR count). The van der Waals surface area contributed by atoms with Crippen LogP contribution < -0.4 is 10.9 Å². The van der Waals surface area contributed by atoms with Gasteiger partial charge in [-0.15, -0.1) is 0 Å². The van der Waals surface area contributed by atoms with Crippen LogP contribution in [0.1, 0.15) is 5.56 Å². The molecule has 0 atom stereocenters. The molecule has 0 fully saturated rings.